The summed E-state index contributed by atoms with van der Waals surface area (Å²) >= 11 is 15.8. The lowest BCUT2D eigenvalue weighted by Crippen LogP contribution is -2.05. The number of phenolic OH excluding ortho intramolecular Hbond substituents is 1. The minimum absolute atomic E-state index is 0.0250. The monoisotopic (exact) mass is 456 g/mol. The first kappa shape index (κ1) is 17.6. The zero-order chi connectivity index (χ0) is 17.6. The van der Waals surface area contributed by atoms with E-state index in [1.807, 2.05) is 0 Å². The van der Waals surface area contributed by atoms with E-state index in [4.69, 9.17) is 23.2 Å². The van der Waals surface area contributed by atoms with Gasteiger partial charge < -0.3 is 10.1 Å². The molecule has 126 valence electrons. The Morgan fingerprint density at radius 1 is 1.21 bits per heavy atom. The Bertz CT molecular complexity index is 904. The lowest BCUT2D eigenvalue weighted by Gasteiger charge is -2.11. The molecule has 0 saturated heterocycles. The van der Waals surface area contributed by atoms with Crippen LogP contribution in [0.15, 0.2) is 28.1 Å². The van der Waals surface area contributed by atoms with E-state index in [0.717, 1.165) is 12.1 Å². The van der Waals surface area contributed by atoms with Gasteiger partial charge in [-0.05, 0) is 34.1 Å². The van der Waals surface area contributed by atoms with E-state index in [9.17, 15) is 18.3 Å². The van der Waals surface area contributed by atoms with Gasteiger partial charge in [-0.15, -0.1) is 11.3 Å². The first-order chi connectivity index (χ1) is 11.2. The number of rotatable bonds is 2. The fourth-order valence-corrected chi connectivity index (χ4v) is 3.56. The van der Waals surface area contributed by atoms with Gasteiger partial charge in [0.2, 0.25) is 0 Å². The summed E-state index contributed by atoms with van der Waals surface area (Å²) in [5, 5.41) is 12.6. The van der Waals surface area contributed by atoms with Crippen LogP contribution < -0.4 is 0 Å². The van der Waals surface area contributed by atoms with Crippen LogP contribution in [0.4, 0.5) is 13.2 Å². The minimum atomic E-state index is -4.54. The lowest BCUT2D eigenvalue weighted by molar-refractivity contribution is -0.137. The van der Waals surface area contributed by atoms with E-state index in [1.54, 1.807) is 11.4 Å². The molecule has 10 heteroatoms. The first-order valence-electron chi connectivity index (χ1n) is 6.27. The van der Waals surface area contributed by atoms with Crippen LogP contribution in [0.3, 0.4) is 0 Å². The predicted molar refractivity (Wildman–Crippen MR) is 91.7 cm³/mol. The SMILES string of the molecule is Oc1c(Br)cc(C(F)(F)F)cc1-c1csc(-c2cc(Cl)c(Cl)[nH]2)n1. The van der Waals surface area contributed by atoms with Gasteiger partial charge in [-0.3, -0.25) is 0 Å². The molecule has 24 heavy (non-hydrogen) atoms. The van der Waals surface area contributed by atoms with Gasteiger partial charge in [-0.1, -0.05) is 23.2 Å². The summed E-state index contributed by atoms with van der Waals surface area (Å²) in [7, 11) is 0. The van der Waals surface area contributed by atoms with E-state index in [-0.39, 0.29) is 26.6 Å². The lowest BCUT2D eigenvalue weighted by atomic mass is 10.1. The van der Waals surface area contributed by atoms with Crippen molar-refractivity contribution in [3.8, 4) is 27.7 Å². The summed E-state index contributed by atoms with van der Waals surface area (Å²) in [5.41, 5.74) is -0.168. The van der Waals surface area contributed by atoms with Gasteiger partial charge in [0, 0.05) is 10.9 Å². The highest BCUT2D eigenvalue weighted by Gasteiger charge is 2.32. The molecule has 0 saturated carbocycles. The van der Waals surface area contributed by atoms with Crippen molar-refractivity contribution in [1.29, 1.82) is 0 Å². The van der Waals surface area contributed by atoms with Crippen molar-refractivity contribution < 1.29 is 18.3 Å². The zero-order valence-corrected chi connectivity index (χ0v) is 15.3. The van der Waals surface area contributed by atoms with Crippen LogP contribution in [0.25, 0.3) is 22.0 Å². The molecular weight excluding hydrogens is 452 g/mol. The molecule has 0 fully saturated rings. The zero-order valence-electron chi connectivity index (χ0n) is 11.4. The Labute approximate surface area is 156 Å². The molecule has 0 aliphatic carbocycles. The number of aromatic hydroxyl groups is 1. The highest BCUT2D eigenvalue weighted by Crippen LogP contribution is 2.42. The van der Waals surface area contributed by atoms with Crippen molar-refractivity contribution in [2.24, 2.45) is 0 Å². The maximum Gasteiger partial charge on any atom is 0.416 e. The topological polar surface area (TPSA) is 48.9 Å². The van der Waals surface area contributed by atoms with E-state index < -0.39 is 11.7 Å². The van der Waals surface area contributed by atoms with Gasteiger partial charge in [0.05, 0.1) is 26.4 Å². The molecule has 1 aromatic carbocycles. The van der Waals surface area contributed by atoms with Gasteiger partial charge >= 0.3 is 6.18 Å². The number of benzene rings is 1. The predicted octanol–water partition coefficient (Wildman–Crippen LogP) is 6.60. The molecule has 0 radical (unpaired) electrons. The number of alkyl halides is 3. The van der Waals surface area contributed by atoms with E-state index >= 15 is 0 Å². The van der Waals surface area contributed by atoms with Crippen LogP contribution in [0.1, 0.15) is 5.56 Å². The van der Waals surface area contributed by atoms with E-state index in [0.29, 0.717) is 15.7 Å². The highest BCUT2D eigenvalue weighted by molar-refractivity contribution is 9.10. The van der Waals surface area contributed by atoms with Crippen LogP contribution in [0.5, 0.6) is 5.75 Å². The van der Waals surface area contributed by atoms with Gasteiger partial charge in [0.15, 0.2) is 0 Å². The number of halogens is 6. The summed E-state index contributed by atoms with van der Waals surface area (Å²) in [4.78, 5) is 7.07. The fraction of sp³-hybridized carbons (Fsp3) is 0.0714. The van der Waals surface area contributed by atoms with Crippen LogP contribution in [-0.2, 0) is 6.18 Å². The number of nitrogens with zero attached hydrogens (tertiary/aromatic N) is 1. The Kier molecular flexibility index (Phi) is 4.59. The van der Waals surface area contributed by atoms with Crippen LogP contribution >= 0.6 is 50.5 Å². The molecule has 2 N–H and O–H groups in total. The summed E-state index contributed by atoms with van der Waals surface area (Å²) in [6.07, 6.45) is -4.54. The third kappa shape index (κ3) is 3.28. The van der Waals surface area contributed by atoms with Gasteiger partial charge in [-0.2, -0.15) is 13.2 Å². The average Bonchev–Trinajstić information content (AvgIpc) is 3.08. The highest BCUT2D eigenvalue weighted by atomic mass is 79.9. The standard InChI is InChI=1S/C14H6BrCl2F3N2OS/c15-7-2-5(14(18,19)20)1-6(11(7)23)10-4-24-13(22-10)9-3-8(16)12(17)21-9/h1-4,21,23H. The number of thiazole rings is 1. The Balaban J connectivity index is 2.08. The molecule has 2 aromatic heterocycles. The molecule has 3 rings (SSSR count). The molecule has 0 aliphatic rings. The first-order valence-corrected chi connectivity index (χ1v) is 8.69. The molecule has 0 spiro atoms. The molecule has 0 atom stereocenters. The Morgan fingerprint density at radius 2 is 1.92 bits per heavy atom. The largest absolute Gasteiger partial charge is 0.506 e. The second-order valence-electron chi connectivity index (χ2n) is 4.73. The minimum Gasteiger partial charge on any atom is -0.506 e. The third-order valence-corrected chi connectivity index (χ3v) is 5.30. The second kappa shape index (κ2) is 6.25. The molecule has 0 unspecified atom stereocenters. The van der Waals surface area contributed by atoms with Gasteiger partial charge in [0.25, 0.3) is 0 Å². The van der Waals surface area contributed by atoms with Crippen molar-refractivity contribution in [2.75, 3.05) is 0 Å². The molecule has 0 aliphatic heterocycles. The van der Waals surface area contributed by atoms with Crippen LogP contribution in [0.2, 0.25) is 10.2 Å². The number of aromatic amines is 1. The summed E-state index contributed by atoms with van der Waals surface area (Å²) in [6, 6.07) is 3.23. The number of hydrogen-bond acceptors (Lipinski definition) is 3. The maximum absolute atomic E-state index is 13.0. The maximum atomic E-state index is 13.0. The van der Waals surface area contributed by atoms with Crippen LogP contribution in [0, 0.1) is 0 Å². The smallest absolute Gasteiger partial charge is 0.416 e. The molecule has 0 amide bonds. The van der Waals surface area contributed by atoms with Crippen molar-refractivity contribution in [3.05, 3.63) is 43.8 Å². The second-order valence-corrected chi connectivity index (χ2v) is 7.23. The molecule has 3 aromatic rings. The molecule has 3 nitrogen and oxygen atoms in total. The van der Waals surface area contributed by atoms with Crippen molar-refractivity contribution in [2.45, 2.75) is 6.18 Å². The van der Waals surface area contributed by atoms with Crippen molar-refractivity contribution >= 4 is 50.5 Å². The summed E-state index contributed by atoms with van der Waals surface area (Å²) in [5.74, 6) is -0.317. The van der Waals surface area contributed by atoms with Crippen molar-refractivity contribution in [3.63, 3.8) is 0 Å². The summed E-state index contributed by atoms with van der Waals surface area (Å²) < 4.78 is 38.8. The number of phenols is 1. The van der Waals surface area contributed by atoms with Gasteiger partial charge in [-0.25, -0.2) is 4.98 Å². The third-order valence-electron chi connectivity index (χ3n) is 3.13. The number of hydrogen-bond donors (Lipinski definition) is 2. The molecule has 2 heterocycles. The Hall–Kier alpha value is -1.22. The number of H-pyrrole nitrogens is 1. The number of aromatic nitrogens is 2. The fourth-order valence-electron chi connectivity index (χ4n) is 2.00. The quantitative estimate of drug-likeness (QED) is 0.455. The van der Waals surface area contributed by atoms with E-state index in [1.165, 1.54) is 11.3 Å². The van der Waals surface area contributed by atoms with Crippen LogP contribution in [-0.4, -0.2) is 15.1 Å². The van der Waals surface area contributed by atoms with Crippen molar-refractivity contribution in [1.82, 2.24) is 9.97 Å². The number of nitrogens with one attached hydrogen (secondary N) is 1. The van der Waals surface area contributed by atoms with Gasteiger partial charge in [0.1, 0.15) is 15.9 Å². The van der Waals surface area contributed by atoms with E-state index in [2.05, 4.69) is 25.9 Å². The normalized spacial score (nSPS) is 11.9. The molecule has 0 bridgehead atoms. The molecular formula is C14H6BrCl2F3N2OS. The Morgan fingerprint density at radius 3 is 2.50 bits per heavy atom. The average molecular weight is 458 g/mol. The summed E-state index contributed by atoms with van der Waals surface area (Å²) in [6.45, 7) is 0.